The highest BCUT2D eigenvalue weighted by Crippen LogP contribution is 2.13. The van der Waals surface area contributed by atoms with Crippen molar-refractivity contribution >= 4 is 0 Å². The van der Waals surface area contributed by atoms with Crippen LogP contribution in [-0.2, 0) is 13.0 Å². The summed E-state index contributed by atoms with van der Waals surface area (Å²) in [5.74, 6) is 0. The predicted octanol–water partition coefficient (Wildman–Crippen LogP) is 2.35. The Kier molecular flexibility index (Phi) is 3.37. The Morgan fingerprint density at radius 2 is 1.93 bits per heavy atom. The van der Waals surface area contributed by atoms with Gasteiger partial charge in [0.2, 0.25) is 0 Å². The summed E-state index contributed by atoms with van der Waals surface area (Å²) in [7, 11) is 0. The van der Waals surface area contributed by atoms with Crippen molar-refractivity contribution in [2.75, 3.05) is 13.1 Å². The molecule has 0 unspecified atom stereocenters. The van der Waals surface area contributed by atoms with Crippen molar-refractivity contribution in [2.45, 2.75) is 25.8 Å². The molecule has 78 valence electrons. The summed E-state index contributed by atoms with van der Waals surface area (Å²) in [6, 6.07) is 10.6. The number of nitriles is 1. The van der Waals surface area contributed by atoms with E-state index in [1.54, 1.807) is 0 Å². The lowest BCUT2D eigenvalue weighted by Gasteiger charge is -2.14. The van der Waals surface area contributed by atoms with Crippen LogP contribution in [0.4, 0.5) is 0 Å². The molecule has 0 atom stereocenters. The van der Waals surface area contributed by atoms with Crippen molar-refractivity contribution in [1.82, 2.24) is 4.90 Å². The molecule has 0 aliphatic carbocycles. The van der Waals surface area contributed by atoms with Gasteiger partial charge in [-0.15, -0.1) is 0 Å². The fourth-order valence-corrected chi connectivity index (χ4v) is 2.13. The molecular formula is C13H16N2. The van der Waals surface area contributed by atoms with Crippen LogP contribution in [0, 0.1) is 11.3 Å². The van der Waals surface area contributed by atoms with E-state index in [1.165, 1.54) is 31.5 Å². The van der Waals surface area contributed by atoms with Crippen molar-refractivity contribution in [3.8, 4) is 6.07 Å². The van der Waals surface area contributed by atoms with Gasteiger partial charge in [0.05, 0.1) is 12.5 Å². The Labute approximate surface area is 91.1 Å². The molecule has 0 amide bonds. The maximum Gasteiger partial charge on any atom is 0.0669 e. The predicted molar refractivity (Wildman–Crippen MR) is 60.3 cm³/mol. The average molecular weight is 200 g/mol. The molecule has 1 saturated heterocycles. The SMILES string of the molecule is N#CCc1cccc(CN2CCCC2)c1. The van der Waals surface area contributed by atoms with Crippen LogP contribution in [0.1, 0.15) is 24.0 Å². The highest BCUT2D eigenvalue weighted by atomic mass is 15.1. The van der Waals surface area contributed by atoms with E-state index in [9.17, 15) is 0 Å². The minimum Gasteiger partial charge on any atom is -0.299 e. The molecule has 1 aliphatic rings. The molecule has 15 heavy (non-hydrogen) atoms. The zero-order chi connectivity index (χ0) is 10.5. The van der Waals surface area contributed by atoms with E-state index in [4.69, 9.17) is 5.26 Å². The van der Waals surface area contributed by atoms with Gasteiger partial charge in [0.1, 0.15) is 0 Å². The van der Waals surface area contributed by atoms with Gasteiger partial charge in [-0.05, 0) is 37.1 Å². The summed E-state index contributed by atoms with van der Waals surface area (Å²) in [5, 5.41) is 8.63. The zero-order valence-corrected chi connectivity index (χ0v) is 8.95. The summed E-state index contributed by atoms with van der Waals surface area (Å²) in [6.07, 6.45) is 3.18. The van der Waals surface area contributed by atoms with E-state index < -0.39 is 0 Å². The molecule has 0 bridgehead atoms. The number of nitrogens with zero attached hydrogens (tertiary/aromatic N) is 2. The third-order valence-corrected chi connectivity index (χ3v) is 2.88. The molecule has 0 radical (unpaired) electrons. The molecule has 2 heteroatoms. The molecule has 1 aliphatic heterocycles. The first-order valence-corrected chi connectivity index (χ1v) is 5.55. The topological polar surface area (TPSA) is 27.0 Å². The fraction of sp³-hybridized carbons (Fsp3) is 0.462. The molecule has 1 aromatic carbocycles. The summed E-state index contributed by atoms with van der Waals surface area (Å²) < 4.78 is 0. The Morgan fingerprint density at radius 3 is 2.67 bits per heavy atom. The minimum atomic E-state index is 0.522. The van der Waals surface area contributed by atoms with Gasteiger partial charge >= 0.3 is 0 Å². The van der Waals surface area contributed by atoms with Crippen molar-refractivity contribution in [2.24, 2.45) is 0 Å². The van der Waals surface area contributed by atoms with Crippen LogP contribution in [0.15, 0.2) is 24.3 Å². The lowest BCUT2D eigenvalue weighted by Crippen LogP contribution is -2.18. The third kappa shape index (κ3) is 2.81. The molecule has 0 spiro atoms. The van der Waals surface area contributed by atoms with Crippen LogP contribution in [0.5, 0.6) is 0 Å². The van der Waals surface area contributed by atoms with Crippen molar-refractivity contribution in [3.05, 3.63) is 35.4 Å². The lowest BCUT2D eigenvalue weighted by molar-refractivity contribution is 0.331. The summed E-state index contributed by atoms with van der Waals surface area (Å²) in [5.41, 5.74) is 2.47. The smallest absolute Gasteiger partial charge is 0.0669 e. The lowest BCUT2D eigenvalue weighted by atomic mass is 10.1. The molecule has 1 aromatic rings. The van der Waals surface area contributed by atoms with Gasteiger partial charge in [0.15, 0.2) is 0 Å². The Balaban J connectivity index is 2.01. The summed E-state index contributed by atoms with van der Waals surface area (Å²) in [6.45, 7) is 3.49. The number of benzene rings is 1. The van der Waals surface area contributed by atoms with Crippen molar-refractivity contribution in [3.63, 3.8) is 0 Å². The molecule has 0 N–H and O–H groups in total. The maximum absolute atomic E-state index is 8.63. The highest BCUT2D eigenvalue weighted by Gasteiger charge is 2.11. The van der Waals surface area contributed by atoms with Gasteiger partial charge in [0, 0.05) is 6.54 Å². The highest BCUT2D eigenvalue weighted by molar-refractivity contribution is 5.25. The zero-order valence-electron chi connectivity index (χ0n) is 8.95. The molecular weight excluding hydrogens is 184 g/mol. The molecule has 0 saturated carbocycles. The van der Waals surface area contributed by atoms with Gasteiger partial charge in [-0.25, -0.2) is 0 Å². The first kappa shape index (κ1) is 10.2. The van der Waals surface area contributed by atoms with Crippen molar-refractivity contribution < 1.29 is 0 Å². The largest absolute Gasteiger partial charge is 0.299 e. The second-order valence-corrected chi connectivity index (χ2v) is 4.14. The van der Waals surface area contributed by atoms with Gasteiger partial charge in [0.25, 0.3) is 0 Å². The molecule has 1 fully saturated rings. The van der Waals surface area contributed by atoms with E-state index in [-0.39, 0.29) is 0 Å². The molecule has 2 rings (SSSR count). The fourth-order valence-electron chi connectivity index (χ4n) is 2.13. The quantitative estimate of drug-likeness (QED) is 0.749. The standard InChI is InChI=1S/C13H16N2/c14-7-6-12-4-3-5-13(10-12)11-15-8-1-2-9-15/h3-5,10H,1-2,6,8-9,11H2. The van der Waals surface area contributed by atoms with Crippen molar-refractivity contribution in [1.29, 1.82) is 5.26 Å². The monoisotopic (exact) mass is 200 g/mol. The van der Waals surface area contributed by atoms with E-state index >= 15 is 0 Å². The third-order valence-electron chi connectivity index (χ3n) is 2.88. The second kappa shape index (κ2) is 4.95. The Hall–Kier alpha value is -1.33. The van der Waals surface area contributed by atoms with Crippen LogP contribution in [0.3, 0.4) is 0 Å². The van der Waals surface area contributed by atoms with Crippen LogP contribution in [0.2, 0.25) is 0 Å². The number of likely N-dealkylation sites (tertiary alicyclic amines) is 1. The molecule has 1 heterocycles. The normalized spacial score (nSPS) is 16.5. The van der Waals surface area contributed by atoms with E-state index in [0.717, 1.165) is 12.1 Å². The summed E-state index contributed by atoms with van der Waals surface area (Å²) >= 11 is 0. The van der Waals surface area contributed by atoms with E-state index in [0.29, 0.717) is 6.42 Å². The van der Waals surface area contributed by atoms with Crippen LogP contribution in [-0.4, -0.2) is 18.0 Å². The van der Waals surface area contributed by atoms with Gasteiger partial charge < -0.3 is 0 Å². The van der Waals surface area contributed by atoms with Gasteiger partial charge in [-0.3, -0.25) is 4.90 Å². The Bertz CT molecular complexity index is 359. The molecule has 2 nitrogen and oxygen atoms in total. The minimum absolute atomic E-state index is 0.522. The van der Waals surface area contributed by atoms with Crippen LogP contribution < -0.4 is 0 Å². The second-order valence-electron chi connectivity index (χ2n) is 4.14. The number of rotatable bonds is 3. The summed E-state index contributed by atoms with van der Waals surface area (Å²) in [4.78, 5) is 2.48. The van der Waals surface area contributed by atoms with E-state index in [2.05, 4.69) is 29.2 Å². The first-order valence-electron chi connectivity index (χ1n) is 5.55. The van der Waals surface area contributed by atoms with Crippen LogP contribution in [0.25, 0.3) is 0 Å². The molecule has 0 aromatic heterocycles. The number of hydrogen-bond donors (Lipinski definition) is 0. The Morgan fingerprint density at radius 1 is 1.20 bits per heavy atom. The van der Waals surface area contributed by atoms with Gasteiger partial charge in [-0.2, -0.15) is 5.26 Å². The average Bonchev–Trinajstić information content (AvgIpc) is 2.71. The maximum atomic E-state index is 8.63. The number of hydrogen-bond acceptors (Lipinski definition) is 2. The van der Waals surface area contributed by atoms with Gasteiger partial charge in [-0.1, -0.05) is 24.3 Å². The van der Waals surface area contributed by atoms with E-state index in [1.807, 2.05) is 6.07 Å². The van der Waals surface area contributed by atoms with Crippen LogP contribution >= 0.6 is 0 Å². The first-order chi connectivity index (χ1) is 7.38.